The van der Waals surface area contributed by atoms with E-state index in [2.05, 4.69) is 5.32 Å². The van der Waals surface area contributed by atoms with E-state index < -0.39 is 0 Å². The zero-order valence-electron chi connectivity index (χ0n) is 4.65. The van der Waals surface area contributed by atoms with Gasteiger partial charge in [0.05, 0.1) is 0 Å². The van der Waals surface area contributed by atoms with Crippen LogP contribution in [-0.4, -0.2) is 36.1 Å². The highest BCUT2D eigenvalue weighted by atomic mass is 35.5. The minimum atomic E-state index is 0. The Labute approximate surface area is 54.0 Å². The lowest BCUT2D eigenvalue weighted by Crippen LogP contribution is -2.38. The van der Waals surface area contributed by atoms with Gasteiger partial charge in [-0.1, -0.05) is 0 Å². The third-order valence-corrected chi connectivity index (χ3v) is 1.40. The SMILES string of the molecule is ClN1CCNCC1.O. The van der Waals surface area contributed by atoms with Crippen LogP contribution in [0.4, 0.5) is 0 Å². The van der Waals surface area contributed by atoms with Gasteiger partial charge in [-0.25, -0.2) is 4.42 Å². The highest BCUT2D eigenvalue weighted by Crippen LogP contribution is 1.93. The number of hydrogen-bond acceptors (Lipinski definition) is 2. The normalized spacial score (nSPS) is 22.1. The summed E-state index contributed by atoms with van der Waals surface area (Å²) in [5.41, 5.74) is 0. The van der Waals surface area contributed by atoms with Gasteiger partial charge in [0.25, 0.3) is 0 Å². The van der Waals surface area contributed by atoms with Crippen LogP contribution < -0.4 is 5.32 Å². The summed E-state index contributed by atoms with van der Waals surface area (Å²) in [6.07, 6.45) is 0. The van der Waals surface area contributed by atoms with Gasteiger partial charge >= 0.3 is 0 Å². The van der Waals surface area contributed by atoms with Crippen LogP contribution in [0.5, 0.6) is 0 Å². The van der Waals surface area contributed by atoms with Crippen molar-refractivity contribution in [2.75, 3.05) is 26.2 Å². The Kier molecular flexibility index (Phi) is 4.18. The molecular weight excluding hydrogens is 128 g/mol. The van der Waals surface area contributed by atoms with Crippen LogP contribution in [0.15, 0.2) is 0 Å². The Bertz CT molecular complexity index is 56.0. The minimum absolute atomic E-state index is 0. The molecule has 1 heterocycles. The fourth-order valence-corrected chi connectivity index (χ4v) is 0.807. The Morgan fingerprint density at radius 1 is 1.25 bits per heavy atom. The highest BCUT2D eigenvalue weighted by Gasteiger charge is 2.03. The molecule has 0 spiro atoms. The van der Waals surface area contributed by atoms with Gasteiger partial charge in [0, 0.05) is 26.2 Å². The summed E-state index contributed by atoms with van der Waals surface area (Å²) in [5, 5.41) is 3.19. The Balaban J connectivity index is 0.000000490. The average molecular weight is 139 g/mol. The number of nitrogens with zero attached hydrogens (tertiary/aromatic N) is 1. The first kappa shape index (κ1) is 8.17. The van der Waals surface area contributed by atoms with Gasteiger partial charge in [-0.15, -0.1) is 0 Å². The molecule has 0 aromatic heterocycles. The van der Waals surface area contributed by atoms with Crippen molar-refractivity contribution in [2.24, 2.45) is 0 Å². The lowest BCUT2D eigenvalue weighted by molar-refractivity contribution is 0.384. The van der Waals surface area contributed by atoms with E-state index in [1.54, 1.807) is 4.42 Å². The number of rotatable bonds is 0. The maximum absolute atomic E-state index is 5.61. The van der Waals surface area contributed by atoms with Crippen LogP contribution in [0.1, 0.15) is 0 Å². The molecule has 0 aliphatic carbocycles. The molecule has 1 aliphatic rings. The summed E-state index contributed by atoms with van der Waals surface area (Å²) in [6.45, 7) is 4.01. The Morgan fingerprint density at radius 2 is 1.75 bits per heavy atom. The van der Waals surface area contributed by atoms with Crippen molar-refractivity contribution in [3.63, 3.8) is 0 Å². The summed E-state index contributed by atoms with van der Waals surface area (Å²) in [7, 11) is 0. The van der Waals surface area contributed by atoms with Crippen LogP contribution in [0, 0.1) is 0 Å². The smallest absolute Gasteiger partial charge is 0.0264 e. The molecule has 8 heavy (non-hydrogen) atoms. The predicted octanol–water partition coefficient (Wildman–Crippen LogP) is -0.779. The number of halogens is 1. The molecule has 0 aromatic carbocycles. The quantitative estimate of drug-likeness (QED) is 0.447. The number of piperazine rings is 1. The lowest BCUT2D eigenvalue weighted by Gasteiger charge is -2.19. The zero-order valence-corrected chi connectivity index (χ0v) is 5.41. The fourth-order valence-electron chi connectivity index (χ4n) is 0.638. The summed E-state index contributed by atoms with van der Waals surface area (Å²) >= 11 is 5.61. The summed E-state index contributed by atoms with van der Waals surface area (Å²) in [5.74, 6) is 0. The maximum Gasteiger partial charge on any atom is 0.0264 e. The van der Waals surface area contributed by atoms with E-state index in [9.17, 15) is 0 Å². The first-order chi connectivity index (χ1) is 3.39. The first-order valence-corrected chi connectivity index (χ1v) is 2.85. The number of nitrogens with one attached hydrogen (secondary N) is 1. The highest BCUT2D eigenvalue weighted by molar-refractivity contribution is 6.13. The molecule has 0 atom stereocenters. The molecule has 3 N–H and O–H groups in total. The third-order valence-electron chi connectivity index (χ3n) is 1.06. The van der Waals surface area contributed by atoms with Gasteiger partial charge in [0.15, 0.2) is 0 Å². The molecule has 0 unspecified atom stereocenters. The van der Waals surface area contributed by atoms with E-state index in [4.69, 9.17) is 11.8 Å². The second-order valence-electron chi connectivity index (χ2n) is 1.66. The average Bonchev–Trinajstić information content (AvgIpc) is 1.69. The van der Waals surface area contributed by atoms with Crippen molar-refractivity contribution >= 4 is 11.8 Å². The molecule has 1 saturated heterocycles. The Hall–Kier alpha value is 0.170. The molecule has 1 aliphatic heterocycles. The maximum atomic E-state index is 5.61. The van der Waals surface area contributed by atoms with Crippen LogP contribution in [-0.2, 0) is 0 Å². The molecule has 0 amide bonds. The topological polar surface area (TPSA) is 46.8 Å². The zero-order chi connectivity index (χ0) is 5.11. The third kappa shape index (κ3) is 2.47. The lowest BCUT2D eigenvalue weighted by atomic mass is 10.4. The molecule has 3 nitrogen and oxygen atoms in total. The van der Waals surface area contributed by atoms with Crippen molar-refractivity contribution in [1.29, 1.82) is 0 Å². The van der Waals surface area contributed by atoms with Crippen LogP contribution in [0.3, 0.4) is 0 Å². The largest absolute Gasteiger partial charge is 0.412 e. The second-order valence-corrected chi connectivity index (χ2v) is 2.14. The summed E-state index contributed by atoms with van der Waals surface area (Å²) in [4.78, 5) is 0. The standard InChI is InChI=1S/C4H9ClN2.H2O/c5-7-3-1-6-2-4-7;/h6H,1-4H2;1H2. The van der Waals surface area contributed by atoms with Crippen molar-refractivity contribution in [3.05, 3.63) is 0 Å². The molecule has 1 fully saturated rings. The molecule has 0 saturated carbocycles. The van der Waals surface area contributed by atoms with Gasteiger partial charge < -0.3 is 10.8 Å². The Morgan fingerprint density at radius 3 is 2.00 bits per heavy atom. The first-order valence-electron chi connectivity index (χ1n) is 2.51. The summed E-state index contributed by atoms with van der Waals surface area (Å²) in [6, 6.07) is 0. The molecular formula is C4H11ClN2O. The molecule has 4 heteroatoms. The van der Waals surface area contributed by atoms with Gasteiger partial charge in [-0.2, -0.15) is 0 Å². The van der Waals surface area contributed by atoms with E-state index >= 15 is 0 Å². The van der Waals surface area contributed by atoms with Crippen molar-refractivity contribution in [3.8, 4) is 0 Å². The summed E-state index contributed by atoms with van der Waals surface area (Å²) < 4.78 is 1.80. The molecule has 0 bridgehead atoms. The van der Waals surface area contributed by atoms with Gasteiger partial charge in [0.2, 0.25) is 0 Å². The second kappa shape index (κ2) is 4.09. The van der Waals surface area contributed by atoms with Crippen LogP contribution >= 0.6 is 11.8 Å². The molecule has 1 rings (SSSR count). The minimum Gasteiger partial charge on any atom is -0.412 e. The van der Waals surface area contributed by atoms with Crippen LogP contribution in [0.2, 0.25) is 0 Å². The van der Waals surface area contributed by atoms with E-state index in [0.29, 0.717) is 0 Å². The van der Waals surface area contributed by atoms with Crippen molar-refractivity contribution in [2.45, 2.75) is 0 Å². The van der Waals surface area contributed by atoms with Gasteiger partial charge in [0.1, 0.15) is 0 Å². The van der Waals surface area contributed by atoms with Gasteiger partial charge in [-0.3, -0.25) is 0 Å². The predicted molar refractivity (Wildman–Crippen MR) is 33.9 cm³/mol. The van der Waals surface area contributed by atoms with Crippen LogP contribution in [0.25, 0.3) is 0 Å². The fraction of sp³-hybridized carbons (Fsp3) is 1.00. The molecule has 0 radical (unpaired) electrons. The van der Waals surface area contributed by atoms with E-state index in [0.717, 1.165) is 26.2 Å². The van der Waals surface area contributed by atoms with E-state index in [1.165, 1.54) is 0 Å². The monoisotopic (exact) mass is 138 g/mol. The molecule has 0 aromatic rings. The van der Waals surface area contributed by atoms with Gasteiger partial charge in [-0.05, 0) is 11.8 Å². The van der Waals surface area contributed by atoms with E-state index in [-0.39, 0.29) is 5.48 Å². The number of hydrogen-bond donors (Lipinski definition) is 1. The van der Waals surface area contributed by atoms with Crippen molar-refractivity contribution in [1.82, 2.24) is 9.74 Å². The van der Waals surface area contributed by atoms with E-state index in [1.807, 2.05) is 0 Å². The van der Waals surface area contributed by atoms with Crippen molar-refractivity contribution < 1.29 is 5.48 Å². The molecule has 50 valence electrons.